The second-order valence-electron chi connectivity index (χ2n) is 8.22. The Balaban J connectivity index is 1.95. The Morgan fingerprint density at radius 2 is 1.54 bits per heavy atom. The SMILES string of the molecule is CC[C@H](NC(=O)c1c(OS(=O)(=O)N(C)C)c(-c2ccccc2)nc2ccccc12)c1ccccc1. The molecule has 0 saturated heterocycles. The lowest BCUT2D eigenvalue weighted by Crippen LogP contribution is -2.31. The van der Waals surface area contributed by atoms with Crippen molar-refractivity contribution < 1.29 is 17.4 Å². The Morgan fingerprint density at radius 3 is 2.17 bits per heavy atom. The Kier molecular flexibility index (Phi) is 7.14. The molecule has 1 atom stereocenters. The van der Waals surface area contributed by atoms with Crippen LogP contribution in [0.1, 0.15) is 35.3 Å². The van der Waals surface area contributed by atoms with Crippen LogP contribution in [-0.4, -0.2) is 37.7 Å². The van der Waals surface area contributed by atoms with Crippen molar-refractivity contribution in [1.29, 1.82) is 0 Å². The van der Waals surface area contributed by atoms with Crippen LogP contribution in [0.2, 0.25) is 0 Å². The van der Waals surface area contributed by atoms with Crippen molar-refractivity contribution in [2.45, 2.75) is 19.4 Å². The first-order valence-corrected chi connectivity index (χ1v) is 12.6. The number of rotatable bonds is 8. The number of nitrogens with zero attached hydrogens (tertiary/aromatic N) is 2. The second-order valence-corrected chi connectivity index (χ2v) is 9.97. The van der Waals surface area contributed by atoms with Crippen LogP contribution in [0.25, 0.3) is 22.2 Å². The molecular formula is C27H27N3O4S. The monoisotopic (exact) mass is 489 g/mol. The van der Waals surface area contributed by atoms with E-state index in [4.69, 9.17) is 9.17 Å². The minimum atomic E-state index is -4.18. The third kappa shape index (κ3) is 5.18. The summed E-state index contributed by atoms with van der Waals surface area (Å²) < 4.78 is 32.2. The molecule has 0 aliphatic rings. The normalized spacial score (nSPS) is 12.5. The summed E-state index contributed by atoms with van der Waals surface area (Å²) in [7, 11) is -1.44. The van der Waals surface area contributed by atoms with Crippen LogP contribution in [0.4, 0.5) is 0 Å². The van der Waals surface area contributed by atoms with Gasteiger partial charge < -0.3 is 9.50 Å². The van der Waals surface area contributed by atoms with Crippen LogP contribution in [0, 0.1) is 0 Å². The van der Waals surface area contributed by atoms with Crippen LogP contribution in [0.5, 0.6) is 5.75 Å². The summed E-state index contributed by atoms with van der Waals surface area (Å²) in [6.07, 6.45) is 0.649. The van der Waals surface area contributed by atoms with Gasteiger partial charge in [-0.3, -0.25) is 4.79 Å². The average molecular weight is 490 g/mol. The largest absolute Gasteiger partial charge is 0.384 e. The topological polar surface area (TPSA) is 88.6 Å². The number of carbonyl (C=O) groups is 1. The maximum absolute atomic E-state index is 13.8. The molecule has 4 aromatic rings. The van der Waals surface area contributed by atoms with Gasteiger partial charge in [0.15, 0.2) is 5.75 Å². The molecule has 180 valence electrons. The number of para-hydroxylation sites is 1. The van der Waals surface area contributed by atoms with E-state index in [0.29, 0.717) is 22.9 Å². The van der Waals surface area contributed by atoms with Gasteiger partial charge in [0.2, 0.25) is 0 Å². The second kappa shape index (κ2) is 10.2. The van der Waals surface area contributed by atoms with Gasteiger partial charge in [0.1, 0.15) is 5.69 Å². The summed E-state index contributed by atoms with van der Waals surface area (Å²) in [5, 5.41) is 3.57. The van der Waals surface area contributed by atoms with Gasteiger partial charge in [-0.05, 0) is 18.1 Å². The average Bonchev–Trinajstić information content (AvgIpc) is 2.87. The van der Waals surface area contributed by atoms with E-state index in [1.165, 1.54) is 14.1 Å². The van der Waals surface area contributed by atoms with Crippen molar-refractivity contribution in [2.75, 3.05) is 14.1 Å². The first kappa shape index (κ1) is 24.4. The lowest BCUT2D eigenvalue weighted by Gasteiger charge is -2.22. The lowest BCUT2D eigenvalue weighted by molar-refractivity contribution is 0.0935. The Bertz CT molecular complexity index is 1440. The van der Waals surface area contributed by atoms with Gasteiger partial charge in [0.05, 0.1) is 17.1 Å². The maximum Gasteiger partial charge on any atom is 0.384 e. The van der Waals surface area contributed by atoms with E-state index >= 15 is 0 Å². The summed E-state index contributed by atoms with van der Waals surface area (Å²) in [6, 6.07) is 25.6. The van der Waals surface area contributed by atoms with Crippen LogP contribution in [0.15, 0.2) is 84.9 Å². The number of pyridine rings is 1. The van der Waals surface area contributed by atoms with Crippen molar-refractivity contribution in [3.05, 3.63) is 96.1 Å². The Labute approximate surface area is 205 Å². The number of hydrogen-bond acceptors (Lipinski definition) is 5. The molecule has 0 saturated carbocycles. The number of benzene rings is 3. The third-order valence-electron chi connectivity index (χ3n) is 5.67. The molecule has 0 bridgehead atoms. The zero-order valence-corrected chi connectivity index (χ0v) is 20.6. The molecule has 0 fully saturated rings. The molecule has 0 aliphatic heterocycles. The molecule has 35 heavy (non-hydrogen) atoms. The Morgan fingerprint density at radius 1 is 0.943 bits per heavy atom. The number of fused-ring (bicyclic) bond motifs is 1. The number of nitrogens with one attached hydrogen (secondary N) is 1. The minimum absolute atomic E-state index is 0.107. The highest BCUT2D eigenvalue weighted by molar-refractivity contribution is 7.84. The third-order valence-corrected chi connectivity index (χ3v) is 6.95. The minimum Gasteiger partial charge on any atom is -0.368 e. The zero-order chi connectivity index (χ0) is 25.0. The van der Waals surface area contributed by atoms with Gasteiger partial charge in [0.25, 0.3) is 5.91 Å². The summed E-state index contributed by atoms with van der Waals surface area (Å²) in [5.74, 6) is -0.551. The molecule has 1 amide bonds. The molecule has 0 radical (unpaired) electrons. The van der Waals surface area contributed by atoms with Gasteiger partial charge in [-0.1, -0.05) is 85.8 Å². The van der Waals surface area contributed by atoms with E-state index in [1.54, 1.807) is 30.3 Å². The molecule has 8 heteroatoms. The number of amides is 1. The predicted molar refractivity (Wildman–Crippen MR) is 137 cm³/mol. The first-order valence-electron chi connectivity index (χ1n) is 11.3. The van der Waals surface area contributed by atoms with E-state index in [2.05, 4.69) is 5.32 Å². The molecule has 1 heterocycles. The maximum atomic E-state index is 13.8. The van der Waals surface area contributed by atoms with E-state index < -0.39 is 16.2 Å². The fourth-order valence-corrected chi connectivity index (χ4v) is 4.33. The van der Waals surface area contributed by atoms with Crippen molar-refractivity contribution in [1.82, 2.24) is 14.6 Å². The van der Waals surface area contributed by atoms with Gasteiger partial charge in [-0.25, -0.2) is 4.98 Å². The molecule has 0 spiro atoms. The van der Waals surface area contributed by atoms with Crippen molar-refractivity contribution >= 4 is 27.1 Å². The first-order chi connectivity index (χ1) is 16.8. The van der Waals surface area contributed by atoms with Crippen molar-refractivity contribution in [2.24, 2.45) is 0 Å². The molecule has 4 rings (SSSR count). The van der Waals surface area contributed by atoms with Crippen LogP contribution in [-0.2, 0) is 10.3 Å². The quantitative estimate of drug-likeness (QED) is 0.378. The molecule has 1 aromatic heterocycles. The van der Waals surface area contributed by atoms with Gasteiger partial charge in [-0.15, -0.1) is 0 Å². The van der Waals surface area contributed by atoms with E-state index in [0.717, 1.165) is 9.87 Å². The number of hydrogen-bond donors (Lipinski definition) is 1. The molecule has 0 aliphatic carbocycles. The van der Waals surface area contributed by atoms with Crippen LogP contribution >= 0.6 is 0 Å². The van der Waals surface area contributed by atoms with Gasteiger partial charge in [0, 0.05) is 25.0 Å². The molecule has 1 N–H and O–H groups in total. The van der Waals surface area contributed by atoms with Crippen LogP contribution < -0.4 is 9.50 Å². The number of aromatic nitrogens is 1. The predicted octanol–water partition coefficient (Wildman–Crippen LogP) is 4.97. The summed E-state index contributed by atoms with van der Waals surface area (Å²) in [4.78, 5) is 18.5. The summed E-state index contributed by atoms with van der Waals surface area (Å²) >= 11 is 0. The van der Waals surface area contributed by atoms with Crippen molar-refractivity contribution in [3.8, 4) is 17.0 Å². The Hall–Kier alpha value is -3.75. The highest BCUT2D eigenvalue weighted by atomic mass is 32.2. The van der Waals surface area contributed by atoms with E-state index in [9.17, 15) is 13.2 Å². The highest BCUT2D eigenvalue weighted by Crippen LogP contribution is 2.38. The summed E-state index contributed by atoms with van der Waals surface area (Å²) in [6.45, 7) is 1.98. The highest BCUT2D eigenvalue weighted by Gasteiger charge is 2.29. The van der Waals surface area contributed by atoms with Crippen molar-refractivity contribution in [3.63, 3.8) is 0 Å². The van der Waals surface area contributed by atoms with Crippen LogP contribution in [0.3, 0.4) is 0 Å². The molecule has 7 nitrogen and oxygen atoms in total. The molecule has 0 unspecified atom stereocenters. The fraction of sp³-hybridized carbons (Fsp3) is 0.185. The van der Waals surface area contributed by atoms with E-state index in [1.807, 2.05) is 61.5 Å². The zero-order valence-electron chi connectivity index (χ0n) is 19.8. The summed E-state index contributed by atoms with van der Waals surface area (Å²) in [5.41, 5.74) is 2.53. The molecule has 3 aromatic carbocycles. The molecular weight excluding hydrogens is 462 g/mol. The van der Waals surface area contributed by atoms with E-state index in [-0.39, 0.29) is 23.0 Å². The van der Waals surface area contributed by atoms with Gasteiger partial charge in [-0.2, -0.15) is 12.7 Å². The van der Waals surface area contributed by atoms with Gasteiger partial charge >= 0.3 is 10.3 Å². The lowest BCUT2D eigenvalue weighted by atomic mass is 10.00. The smallest absolute Gasteiger partial charge is 0.368 e. The standard InChI is InChI=1S/C27H27N3O4S/c1-4-22(19-13-7-5-8-14-19)29-27(31)24-21-17-11-12-18-23(21)28-25(20-15-9-6-10-16-20)26(24)34-35(32,33)30(2)3/h5-18,22H,4H2,1-3H3,(H,29,31)/t22-/m0/s1. The fourth-order valence-electron chi connectivity index (χ4n) is 3.81. The number of carbonyl (C=O) groups excluding carboxylic acids is 1.